The summed E-state index contributed by atoms with van der Waals surface area (Å²) in [5.41, 5.74) is 9.17. The molecule has 0 radical (unpaired) electrons. The Bertz CT molecular complexity index is 837. The summed E-state index contributed by atoms with van der Waals surface area (Å²) >= 11 is 0. The molecule has 0 unspecified atom stereocenters. The maximum Gasteiger partial charge on any atom is 0.552 e. The molecule has 3 heterocycles. The van der Waals surface area contributed by atoms with E-state index >= 15 is 0 Å². The third-order valence-electron chi connectivity index (χ3n) is 6.23. The van der Waals surface area contributed by atoms with E-state index in [2.05, 4.69) is 15.3 Å². The van der Waals surface area contributed by atoms with Crippen molar-refractivity contribution in [2.45, 2.75) is 56.7 Å². The number of aromatic nitrogens is 2. The topological polar surface area (TPSA) is 96.2 Å². The summed E-state index contributed by atoms with van der Waals surface area (Å²) < 4.78 is 5.59. The highest BCUT2D eigenvalue weighted by atomic mass is 16.5. The van der Waals surface area contributed by atoms with E-state index in [-0.39, 0.29) is 0 Å². The highest BCUT2D eigenvalue weighted by Crippen LogP contribution is 2.46. The fourth-order valence-corrected chi connectivity index (χ4v) is 4.75. The standard InChI is InChI=1S/C19H25BN4O2/c21-12-1-3-13(4-2-12)24-14-7-11(8-14)16-9-20(25)26-17-10-23-19-15(18(16)17)5-6-22-19/h5-6,9-14,24-25H,1-4,7-8,21H2,(H,22,23). The van der Waals surface area contributed by atoms with E-state index in [1.807, 2.05) is 18.2 Å². The molecule has 2 aromatic rings. The van der Waals surface area contributed by atoms with Gasteiger partial charge in [0.1, 0.15) is 11.4 Å². The molecule has 136 valence electrons. The molecule has 0 spiro atoms. The minimum absolute atomic E-state index is 0.393. The fraction of sp³-hybridized carbons (Fsp3) is 0.526. The number of pyridine rings is 1. The molecule has 0 amide bonds. The van der Waals surface area contributed by atoms with Crippen molar-refractivity contribution < 1.29 is 9.68 Å². The zero-order valence-electron chi connectivity index (χ0n) is 14.8. The van der Waals surface area contributed by atoms with Crippen molar-refractivity contribution in [1.29, 1.82) is 0 Å². The molecule has 5 rings (SSSR count). The predicted molar refractivity (Wildman–Crippen MR) is 103 cm³/mol. The van der Waals surface area contributed by atoms with Crippen LogP contribution in [0, 0.1) is 5.92 Å². The van der Waals surface area contributed by atoms with Gasteiger partial charge in [-0.1, -0.05) is 0 Å². The summed E-state index contributed by atoms with van der Waals surface area (Å²) in [5.74, 6) is 3.01. The first-order chi connectivity index (χ1) is 12.7. The van der Waals surface area contributed by atoms with Gasteiger partial charge in [-0.15, -0.1) is 0 Å². The number of fused-ring (bicyclic) bond motifs is 3. The number of hydrogen-bond donors (Lipinski definition) is 4. The summed E-state index contributed by atoms with van der Waals surface area (Å²) in [5, 5.41) is 15.0. The lowest BCUT2D eigenvalue weighted by Gasteiger charge is -2.42. The first-order valence-electron chi connectivity index (χ1n) is 9.72. The van der Waals surface area contributed by atoms with E-state index < -0.39 is 7.12 Å². The van der Waals surface area contributed by atoms with Gasteiger partial charge in [0, 0.05) is 35.3 Å². The largest absolute Gasteiger partial charge is 0.552 e. The lowest BCUT2D eigenvalue weighted by molar-refractivity contribution is 0.222. The summed E-state index contributed by atoms with van der Waals surface area (Å²) in [7, 11) is -0.887. The minimum Gasteiger partial charge on any atom is -0.531 e. The van der Waals surface area contributed by atoms with Crippen molar-refractivity contribution in [2.75, 3.05) is 0 Å². The van der Waals surface area contributed by atoms with Gasteiger partial charge in [0.15, 0.2) is 0 Å². The van der Waals surface area contributed by atoms with Crippen LogP contribution in [0.1, 0.15) is 44.1 Å². The number of rotatable bonds is 3. The van der Waals surface area contributed by atoms with Crippen LogP contribution in [0.2, 0.25) is 0 Å². The van der Waals surface area contributed by atoms with Crippen LogP contribution in [0.3, 0.4) is 0 Å². The second-order valence-corrected chi connectivity index (χ2v) is 8.01. The average molecular weight is 352 g/mol. The Hall–Kier alpha value is -1.83. The SMILES string of the molecule is NC1CCC(NC2CC(C3=CB(O)Oc4cnc5[nH]ccc5c43)C2)CC1. The quantitative estimate of drug-likeness (QED) is 0.634. The van der Waals surface area contributed by atoms with Gasteiger partial charge < -0.3 is 25.7 Å². The number of aromatic amines is 1. The van der Waals surface area contributed by atoms with E-state index in [0.717, 1.165) is 42.3 Å². The van der Waals surface area contributed by atoms with Gasteiger partial charge in [-0.25, -0.2) is 4.98 Å². The monoisotopic (exact) mass is 352 g/mol. The van der Waals surface area contributed by atoms with Crippen LogP contribution >= 0.6 is 0 Å². The molecule has 6 nitrogen and oxygen atoms in total. The molecular weight excluding hydrogens is 327 g/mol. The normalized spacial score (nSPS) is 31.2. The molecule has 7 heteroatoms. The number of allylic oxidation sites excluding steroid dienone is 1. The van der Waals surface area contributed by atoms with E-state index in [1.165, 1.54) is 18.4 Å². The van der Waals surface area contributed by atoms with Gasteiger partial charge in [0.2, 0.25) is 0 Å². The molecule has 3 aliphatic rings. The van der Waals surface area contributed by atoms with E-state index in [9.17, 15) is 5.02 Å². The molecule has 0 aromatic carbocycles. The van der Waals surface area contributed by atoms with Crippen molar-refractivity contribution in [1.82, 2.24) is 15.3 Å². The van der Waals surface area contributed by atoms with Gasteiger partial charge >= 0.3 is 7.12 Å². The molecule has 2 saturated carbocycles. The Balaban J connectivity index is 1.32. The summed E-state index contributed by atoms with van der Waals surface area (Å²) in [6, 6.07) is 3.61. The Labute approximate surface area is 153 Å². The van der Waals surface area contributed by atoms with Crippen LogP contribution < -0.4 is 15.7 Å². The first kappa shape index (κ1) is 16.4. The maximum absolute atomic E-state index is 10.1. The van der Waals surface area contributed by atoms with Gasteiger partial charge in [-0.05, 0) is 62.1 Å². The Morgan fingerprint density at radius 3 is 2.85 bits per heavy atom. The molecule has 2 aromatic heterocycles. The van der Waals surface area contributed by atoms with E-state index in [4.69, 9.17) is 10.4 Å². The average Bonchev–Trinajstić information content (AvgIpc) is 3.07. The Morgan fingerprint density at radius 1 is 1.23 bits per heavy atom. The molecule has 2 aliphatic carbocycles. The van der Waals surface area contributed by atoms with Crippen LogP contribution in [0.5, 0.6) is 5.75 Å². The number of nitrogens with one attached hydrogen (secondary N) is 2. The molecule has 2 fully saturated rings. The van der Waals surface area contributed by atoms with Crippen molar-refractivity contribution in [3.63, 3.8) is 0 Å². The minimum atomic E-state index is -0.887. The van der Waals surface area contributed by atoms with Crippen LogP contribution in [-0.4, -0.2) is 40.2 Å². The van der Waals surface area contributed by atoms with Crippen LogP contribution in [0.4, 0.5) is 0 Å². The molecule has 0 bridgehead atoms. The van der Waals surface area contributed by atoms with Gasteiger partial charge in [0.25, 0.3) is 0 Å². The van der Waals surface area contributed by atoms with Gasteiger partial charge in [-0.3, -0.25) is 0 Å². The molecule has 5 N–H and O–H groups in total. The fourth-order valence-electron chi connectivity index (χ4n) is 4.75. The highest BCUT2D eigenvalue weighted by molar-refractivity contribution is 6.52. The molecule has 1 aliphatic heterocycles. The Morgan fingerprint density at radius 2 is 2.04 bits per heavy atom. The molecule has 0 atom stereocenters. The van der Waals surface area contributed by atoms with Gasteiger partial charge in [0.05, 0.1) is 6.20 Å². The van der Waals surface area contributed by atoms with Crippen molar-refractivity contribution in [3.8, 4) is 5.75 Å². The van der Waals surface area contributed by atoms with E-state index in [1.54, 1.807) is 6.20 Å². The molecular formula is C19H25BN4O2. The highest BCUT2D eigenvalue weighted by Gasteiger charge is 2.38. The van der Waals surface area contributed by atoms with Gasteiger partial charge in [-0.2, -0.15) is 0 Å². The number of nitrogens with zero attached hydrogens (tertiary/aromatic N) is 1. The zero-order chi connectivity index (χ0) is 17.7. The summed E-state index contributed by atoms with van der Waals surface area (Å²) in [4.78, 5) is 7.55. The maximum atomic E-state index is 10.1. The molecule has 0 saturated heterocycles. The lowest BCUT2D eigenvalue weighted by atomic mass is 9.68. The van der Waals surface area contributed by atoms with E-state index in [0.29, 0.717) is 29.8 Å². The van der Waals surface area contributed by atoms with Crippen molar-refractivity contribution >= 4 is 23.7 Å². The van der Waals surface area contributed by atoms with Crippen LogP contribution in [0.15, 0.2) is 24.4 Å². The summed E-state index contributed by atoms with van der Waals surface area (Å²) in [6.45, 7) is 0. The van der Waals surface area contributed by atoms with Crippen LogP contribution in [-0.2, 0) is 0 Å². The predicted octanol–water partition coefficient (Wildman–Crippen LogP) is 2.00. The molecule has 26 heavy (non-hydrogen) atoms. The van der Waals surface area contributed by atoms with Crippen LogP contribution in [0.25, 0.3) is 16.6 Å². The number of H-pyrrole nitrogens is 1. The Kier molecular flexibility index (Phi) is 4.03. The third kappa shape index (κ3) is 2.84. The van der Waals surface area contributed by atoms with Crippen molar-refractivity contribution in [2.24, 2.45) is 11.7 Å². The number of hydrogen-bond acceptors (Lipinski definition) is 5. The number of nitrogens with two attached hydrogens (primary N) is 1. The first-order valence-corrected chi connectivity index (χ1v) is 9.72. The third-order valence-corrected chi connectivity index (χ3v) is 6.23. The lowest BCUT2D eigenvalue weighted by Crippen LogP contribution is -2.49. The summed E-state index contributed by atoms with van der Waals surface area (Å²) in [6.07, 6.45) is 10.5. The van der Waals surface area contributed by atoms with Crippen molar-refractivity contribution in [3.05, 3.63) is 30.0 Å². The second-order valence-electron chi connectivity index (χ2n) is 8.01. The second kappa shape index (κ2) is 6.41. The zero-order valence-corrected chi connectivity index (χ0v) is 14.8. The smallest absolute Gasteiger partial charge is 0.531 e.